The van der Waals surface area contributed by atoms with E-state index in [9.17, 15) is 4.79 Å². The highest BCUT2D eigenvalue weighted by molar-refractivity contribution is 6.31. The monoisotopic (exact) mass is 316 g/mol. The van der Waals surface area contributed by atoms with Crippen molar-refractivity contribution < 1.29 is 4.79 Å². The molecule has 2 aromatic rings. The molecule has 2 N–H and O–H groups in total. The fourth-order valence-corrected chi connectivity index (χ4v) is 2.27. The Balaban J connectivity index is 1.87. The second-order valence-electron chi connectivity index (χ2n) is 5.17. The summed E-state index contributed by atoms with van der Waals surface area (Å²) in [4.78, 5) is 11.7. The SMILES string of the molecule is CCCCC(=O)Nc1ccc(NCc2ccccc2Cl)cc1. The van der Waals surface area contributed by atoms with Gasteiger partial charge in [0.15, 0.2) is 0 Å². The van der Waals surface area contributed by atoms with Gasteiger partial charge in [0.25, 0.3) is 0 Å². The zero-order chi connectivity index (χ0) is 15.8. The van der Waals surface area contributed by atoms with Gasteiger partial charge in [-0.1, -0.05) is 43.1 Å². The Morgan fingerprint density at radius 2 is 1.73 bits per heavy atom. The van der Waals surface area contributed by atoms with Crippen molar-refractivity contribution in [2.45, 2.75) is 32.7 Å². The molecule has 0 aliphatic heterocycles. The average molecular weight is 317 g/mol. The number of amides is 1. The van der Waals surface area contributed by atoms with Crippen LogP contribution >= 0.6 is 11.6 Å². The Labute approximate surface area is 136 Å². The second kappa shape index (κ2) is 8.44. The molecule has 0 radical (unpaired) electrons. The largest absolute Gasteiger partial charge is 0.381 e. The number of carbonyl (C=O) groups is 1. The summed E-state index contributed by atoms with van der Waals surface area (Å²) in [6.45, 7) is 2.74. The van der Waals surface area contributed by atoms with E-state index in [1.807, 2.05) is 48.5 Å². The van der Waals surface area contributed by atoms with Gasteiger partial charge in [-0.15, -0.1) is 0 Å². The van der Waals surface area contributed by atoms with Gasteiger partial charge in [-0.3, -0.25) is 4.79 Å². The predicted molar refractivity (Wildman–Crippen MR) is 93.4 cm³/mol. The molecule has 3 nitrogen and oxygen atoms in total. The van der Waals surface area contributed by atoms with Crippen LogP contribution in [-0.4, -0.2) is 5.91 Å². The first-order valence-corrected chi connectivity index (χ1v) is 7.94. The molecule has 2 aromatic carbocycles. The van der Waals surface area contributed by atoms with E-state index in [1.165, 1.54) is 0 Å². The first-order chi connectivity index (χ1) is 10.7. The van der Waals surface area contributed by atoms with E-state index in [2.05, 4.69) is 17.6 Å². The lowest BCUT2D eigenvalue weighted by molar-refractivity contribution is -0.116. The summed E-state index contributed by atoms with van der Waals surface area (Å²) in [6.07, 6.45) is 2.52. The summed E-state index contributed by atoms with van der Waals surface area (Å²) >= 11 is 6.13. The summed E-state index contributed by atoms with van der Waals surface area (Å²) in [5.74, 6) is 0.0682. The maximum Gasteiger partial charge on any atom is 0.224 e. The maximum atomic E-state index is 11.7. The molecule has 22 heavy (non-hydrogen) atoms. The Bertz CT molecular complexity index is 611. The molecule has 0 saturated carbocycles. The van der Waals surface area contributed by atoms with Crippen LogP contribution in [0.15, 0.2) is 48.5 Å². The predicted octanol–water partition coefficient (Wildman–Crippen LogP) is 5.08. The molecule has 0 unspecified atom stereocenters. The molecule has 0 fully saturated rings. The van der Waals surface area contributed by atoms with E-state index in [4.69, 9.17) is 11.6 Å². The van der Waals surface area contributed by atoms with Gasteiger partial charge in [-0.2, -0.15) is 0 Å². The average Bonchev–Trinajstić information content (AvgIpc) is 2.53. The van der Waals surface area contributed by atoms with Crippen molar-refractivity contribution in [3.63, 3.8) is 0 Å². The number of unbranched alkanes of at least 4 members (excludes halogenated alkanes) is 1. The number of hydrogen-bond acceptors (Lipinski definition) is 2. The van der Waals surface area contributed by atoms with Gasteiger partial charge in [-0.05, 0) is 42.3 Å². The molecule has 4 heteroatoms. The third-order valence-electron chi connectivity index (χ3n) is 3.37. The van der Waals surface area contributed by atoms with Gasteiger partial charge in [0, 0.05) is 29.4 Å². The van der Waals surface area contributed by atoms with E-state index in [0.29, 0.717) is 13.0 Å². The Hall–Kier alpha value is -2.00. The zero-order valence-corrected chi connectivity index (χ0v) is 13.5. The van der Waals surface area contributed by atoms with Crippen LogP contribution in [0.3, 0.4) is 0 Å². The molecular weight excluding hydrogens is 296 g/mol. The van der Waals surface area contributed by atoms with Crippen molar-refractivity contribution in [1.82, 2.24) is 0 Å². The Morgan fingerprint density at radius 1 is 1.05 bits per heavy atom. The van der Waals surface area contributed by atoms with Crippen molar-refractivity contribution in [2.24, 2.45) is 0 Å². The number of halogens is 1. The minimum absolute atomic E-state index is 0.0682. The van der Waals surface area contributed by atoms with Crippen molar-refractivity contribution >= 4 is 28.9 Å². The maximum absolute atomic E-state index is 11.7. The molecule has 0 spiro atoms. The number of hydrogen-bond donors (Lipinski definition) is 2. The standard InChI is InChI=1S/C18H21ClN2O/c1-2-3-8-18(22)21-16-11-9-15(10-12-16)20-13-14-6-4-5-7-17(14)19/h4-7,9-12,20H,2-3,8,13H2,1H3,(H,21,22). The molecule has 0 atom stereocenters. The molecule has 0 bridgehead atoms. The normalized spacial score (nSPS) is 10.3. The smallest absolute Gasteiger partial charge is 0.224 e. The van der Waals surface area contributed by atoms with Gasteiger partial charge in [-0.25, -0.2) is 0 Å². The lowest BCUT2D eigenvalue weighted by Gasteiger charge is -2.09. The molecule has 0 aromatic heterocycles. The highest BCUT2D eigenvalue weighted by Gasteiger charge is 2.02. The van der Waals surface area contributed by atoms with Crippen LogP contribution in [0, 0.1) is 0 Å². The number of carbonyl (C=O) groups excluding carboxylic acids is 1. The Morgan fingerprint density at radius 3 is 2.41 bits per heavy atom. The number of rotatable bonds is 7. The quantitative estimate of drug-likeness (QED) is 0.747. The van der Waals surface area contributed by atoms with E-state index in [-0.39, 0.29) is 5.91 Å². The van der Waals surface area contributed by atoms with Crippen molar-refractivity contribution in [3.8, 4) is 0 Å². The molecule has 1 amide bonds. The molecule has 0 aliphatic carbocycles. The summed E-state index contributed by atoms with van der Waals surface area (Å²) in [5.41, 5.74) is 2.87. The third kappa shape index (κ3) is 5.08. The first-order valence-electron chi connectivity index (χ1n) is 7.56. The van der Waals surface area contributed by atoms with E-state index >= 15 is 0 Å². The van der Waals surface area contributed by atoms with Crippen LogP contribution in [0.1, 0.15) is 31.7 Å². The summed E-state index contributed by atoms with van der Waals surface area (Å²) in [6, 6.07) is 15.5. The highest BCUT2D eigenvalue weighted by atomic mass is 35.5. The summed E-state index contributed by atoms with van der Waals surface area (Å²) in [7, 11) is 0. The van der Waals surface area contributed by atoms with Crippen molar-refractivity contribution in [2.75, 3.05) is 10.6 Å². The fourth-order valence-electron chi connectivity index (χ4n) is 2.07. The van der Waals surface area contributed by atoms with Crippen LogP contribution < -0.4 is 10.6 Å². The molecule has 2 rings (SSSR count). The first kappa shape index (κ1) is 16.4. The fraction of sp³-hybridized carbons (Fsp3) is 0.278. The van der Waals surface area contributed by atoms with Crippen LogP contribution in [0.5, 0.6) is 0 Å². The second-order valence-corrected chi connectivity index (χ2v) is 5.58. The lowest BCUT2D eigenvalue weighted by Crippen LogP contribution is -2.10. The van der Waals surface area contributed by atoms with E-state index in [1.54, 1.807) is 0 Å². The van der Waals surface area contributed by atoms with Gasteiger partial charge < -0.3 is 10.6 Å². The topological polar surface area (TPSA) is 41.1 Å². The van der Waals surface area contributed by atoms with Gasteiger partial charge in [0.2, 0.25) is 5.91 Å². The minimum Gasteiger partial charge on any atom is -0.381 e. The number of nitrogens with one attached hydrogen (secondary N) is 2. The summed E-state index contributed by atoms with van der Waals surface area (Å²) in [5, 5.41) is 6.98. The van der Waals surface area contributed by atoms with Gasteiger partial charge in [0.05, 0.1) is 0 Å². The van der Waals surface area contributed by atoms with Gasteiger partial charge in [0.1, 0.15) is 0 Å². The molecular formula is C18H21ClN2O. The van der Waals surface area contributed by atoms with Crippen LogP contribution in [-0.2, 0) is 11.3 Å². The van der Waals surface area contributed by atoms with Crippen LogP contribution in [0.4, 0.5) is 11.4 Å². The van der Waals surface area contributed by atoms with E-state index < -0.39 is 0 Å². The van der Waals surface area contributed by atoms with Crippen LogP contribution in [0.25, 0.3) is 0 Å². The number of benzene rings is 2. The molecule has 0 heterocycles. The Kier molecular flexibility index (Phi) is 6.28. The van der Waals surface area contributed by atoms with Crippen molar-refractivity contribution in [3.05, 3.63) is 59.1 Å². The third-order valence-corrected chi connectivity index (χ3v) is 3.74. The lowest BCUT2D eigenvalue weighted by atomic mass is 10.2. The molecule has 0 saturated heterocycles. The zero-order valence-electron chi connectivity index (χ0n) is 12.7. The summed E-state index contributed by atoms with van der Waals surface area (Å²) < 4.78 is 0. The highest BCUT2D eigenvalue weighted by Crippen LogP contribution is 2.18. The molecule has 116 valence electrons. The van der Waals surface area contributed by atoms with Crippen molar-refractivity contribution in [1.29, 1.82) is 0 Å². The minimum atomic E-state index is 0.0682. The van der Waals surface area contributed by atoms with Crippen LogP contribution in [0.2, 0.25) is 5.02 Å². The molecule has 0 aliphatic rings. The number of anilines is 2. The van der Waals surface area contributed by atoms with E-state index in [0.717, 1.165) is 34.8 Å². The van der Waals surface area contributed by atoms with Gasteiger partial charge >= 0.3 is 0 Å².